The molecule has 4 heteroatoms. The first-order valence-electron chi connectivity index (χ1n) is 4.16. The zero-order valence-corrected chi connectivity index (χ0v) is 7.43. The molecule has 2 aromatic carbocycles. The van der Waals surface area contributed by atoms with Gasteiger partial charge in [-0.1, -0.05) is 6.07 Å². The first-order valence-corrected chi connectivity index (χ1v) is 4.16. The first-order chi connectivity index (χ1) is 7.13. The summed E-state index contributed by atoms with van der Waals surface area (Å²) < 4.78 is 39.5. The molecule has 0 amide bonds. The third-order valence-corrected chi connectivity index (χ3v) is 2.14. The van der Waals surface area contributed by atoms with E-state index in [9.17, 15) is 18.0 Å². The summed E-state index contributed by atoms with van der Waals surface area (Å²) in [5, 5.41) is -0.267. The highest BCUT2D eigenvalue weighted by molar-refractivity contribution is 5.90. The van der Waals surface area contributed by atoms with Crippen LogP contribution in [-0.2, 0) is 0 Å². The number of rotatable bonds is 1. The van der Waals surface area contributed by atoms with Gasteiger partial charge in [-0.3, -0.25) is 4.79 Å². The van der Waals surface area contributed by atoms with Gasteiger partial charge in [0.25, 0.3) is 0 Å². The van der Waals surface area contributed by atoms with Gasteiger partial charge in [-0.15, -0.1) is 0 Å². The van der Waals surface area contributed by atoms with Crippen LogP contribution < -0.4 is 0 Å². The van der Waals surface area contributed by atoms with E-state index in [1.807, 2.05) is 0 Å². The molecule has 0 N–H and O–H groups in total. The van der Waals surface area contributed by atoms with Gasteiger partial charge in [0.2, 0.25) is 0 Å². The minimum Gasteiger partial charge on any atom is -0.298 e. The number of carbonyl (C=O) groups excluding carboxylic acids is 1. The Kier molecular flexibility index (Phi) is 2.19. The van der Waals surface area contributed by atoms with Crippen molar-refractivity contribution in [1.29, 1.82) is 0 Å². The van der Waals surface area contributed by atoms with Crippen molar-refractivity contribution >= 4 is 17.1 Å². The van der Waals surface area contributed by atoms with Crippen LogP contribution in [-0.4, -0.2) is 6.29 Å². The smallest absolute Gasteiger partial charge is 0.153 e. The van der Waals surface area contributed by atoms with Crippen LogP contribution >= 0.6 is 0 Å². The molecule has 0 aliphatic carbocycles. The van der Waals surface area contributed by atoms with Gasteiger partial charge >= 0.3 is 0 Å². The van der Waals surface area contributed by atoms with E-state index in [0.717, 1.165) is 12.1 Å². The summed E-state index contributed by atoms with van der Waals surface area (Å²) in [5.74, 6) is -2.62. The molecule has 15 heavy (non-hydrogen) atoms. The van der Waals surface area contributed by atoms with E-state index in [-0.39, 0.29) is 16.3 Å². The quantitative estimate of drug-likeness (QED) is 0.661. The zero-order chi connectivity index (χ0) is 11.0. The summed E-state index contributed by atoms with van der Waals surface area (Å²) in [7, 11) is 0. The van der Waals surface area contributed by atoms with E-state index >= 15 is 0 Å². The maximum Gasteiger partial charge on any atom is 0.153 e. The van der Waals surface area contributed by atoms with E-state index in [1.54, 1.807) is 0 Å². The molecular formula is C11H5F3O. The van der Waals surface area contributed by atoms with E-state index in [2.05, 4.69) is 0 Å². The Morgan fingerprint density at radius 2 is 1.73 bits per heavy atom. The molecule has 0 saturated heterocycles. The Morgan fingerprint density at radius 3 is 2.40 bits per heavy atom. The summed E-state index contributed by atoms with van der Waals surface area (Å²) in [6.07, 6.45) is 0.303. The van der Waals surface area contributed by atoms with Crippen LogP contribution in [0.1, 0.15) is 10.4 Å². The van der Waals surface area contributed by atoms with E-state index in [4.69, 9.17) is 0 Å². The molecule has 2 rings (SSSR count). The minimum absolute atomic E-state index is 0.0421. The van der Waals surface area contributed by atoms with Gasteiger partial charge in [0.05, 0.1) is 5.56 Å². The van der Waals surface area contributed by atoms with Crippen LogP contribution in [0.2, 0.25) is 0 Å². The molecule has 0 fully saturated rings. The number of aldehydes is 1. The Hall–Kier alpha value is -1.84. The van der Waals surface area contributed by atoms with E-state index < -0.39 is 17.5 Å². The number of carbonyl (C=O) groups is 1. The molecule has 0 aromatic heterocycles. The first kappa shape index (κ1) is 9.71. The van der Waals surface area contributed by atoms with Crippen molar-refractivity contribution in [2.75, 3.05) is 0 Å². The molecule has 0 unspecified atom stereocenters. The van der Waals surface area contributed by atoms with Gasteiger partial charge in [0.15, 0.2) is 6.29 Å². The monoisotopic (exact) mass is 210 g/mol. The molecule has 76 valence electrons. The molecule has 0 radical (unpaired) electrons. The second kappa shape index (κ2) is 3.38. The fraction of sp³-hybridized carbons (Fsp3) is 0. The van der Waals surface area contributed by atoms with Gasteiger partial charge in [-0.25, -0.2) is 13.2 Å². The normalized spacial score (nSPS) is 10.6. The third kappa shape index (κ3) is 1.48. The van der Waals surface area contributed by atoms with Crippen molar-refractivity contribution in [2.45, 2.75) is 0 Å². The summed E-state index contributed by atoms with van der Waals surface area (Å²) >= 11 is 0. The molecule has 1 nitrogen and oxygen atoms in total. The average Bonchev–Trinajstić information content (AvgIpc) is 2.19. The van der Waals surface area contributed by atoms with Gasteiger partial charge in [0, 0.05) is 16.8 Å². The van der Waals surface area contributed by atoms with Gasteiger partial charge in [-0.05, 0) is 12.1 Å². The van der Waals surface area contributed by atoms with Crippen molar-refractivity contribution in [3.63, 3.8) is 0 Å². The molecule has 0 atom stereocenters. The zero-order valence-electron chi connectivity index (χ0n) is 7.43. The maximum absolute atomic E-state index is 13.5. The van der Waals surface area contributed by atoms with Crippen LogP contribution in [0.3, 0.4) is 0 Å². The lowest BCUT2D eigenvalue weighted by atomic mass is 10.1. The van der Waals surface area contributed by atoms with Crippen molar-refractivity contribution in [3.05, 3.63) is 47.3 Å². The van der Waals surface area contributed by atoms with Gasteiger partial charge in [0.1, 0.15) is 17.5 Å². The lowest BCUT2D eigenvalue weighted by molar-refractivity contribution is 0.112. The Labute approximate surface area is 83.1 Å². The molecule has 0 aliphatic rings. The highest BCUT2D eigenvalue weighted by atomic mass is 19.1. The van der Waals surface area contributed by atoms with E-state index in [1.165, 1.54) is 6.07 Å². The second-order valence-electron chi connectivity index (χ2n) is 3.07. The lowest BCUT2D eigenvalue weighted by Crippen LogP contribution is -1.92. The molecule has 0 saturated carbocycles. The summed E-state index contributed by atoms with van der Waals surface area (Å²) in [4.78, 5) is 10.4. The van der Waals surface area contributed by atoms with E-state index in [0.29, 0.717) is 12.4 Å². The fourth-order valence-corrected chi connectivity index (χ4v) is 1.43. The standard InChI is InChI=1S/C11H5F3O/c12-7-3-9-8(10(13)4-7)2-1-6(5-15)11(9)14/h1-5H. The third-order valence-electron chi connectivity index (χ3n) is 2.14. The van der Waals surface area contributed by atoms with Crippen LogP contribution in [0.4, 0.5) is 13.2 Å². The average molecular weight is 210 g/mol. The van der Waals surface area contributed by atoms with Gasteiger partial charge < -0.3 is 0 Å². The topological polar surface area (TPSA) is 17.1 Å². The van der Waals surface area contributed by atoms with Crippen LogP contribution in [0.25, 0.3) is 10.8 Å². The Balaban J connectivity index is 2.92. The number of hydrogen-bond acceptors (Lipinski definition) is 1. The predicted molar refractivity (Wildman–Crippen MR) is 49.2 cm³/mol. The summed E-state index contributed by atoms with van der Waals surface area (Å²) in [6.45, 7) is 0. The molecular weight excluding hydrogens is 205 g/mol. The number of fused-ring (bicyclic) bond motifs is 1. The number of benzene rings is 2. The molecule has 0 heterocycles. The second-order valence-corrected chi connectivity index (χ2v) is 3.07. The minimum atomic E-state index is -0.902. The fourth-order valence-electron chi connectivity index (χ4n) is 1.43. The molecule has 2 aromatic rings. The van der Waals surface area contributed by atoms with Gasteiger partial charge in [-0.2, -0.15) is 0 Å². The largest absolute Gasteiger partial charge is 0.298 e. The predicted octanol–water partition coefficient (Wildman–Crippen LogP) is 3.07. The van der Waals surface area contributed by atoms with Crippen LogP contribution in [0, 0.1) is 17.5 Å². The Bertz CT molecular complexity index is 549. The molecule has 0 aliphatic heterocycles. The Morgan fingerprint density at radius 1 is 1.00 bits per heavy atom. The highest BCUT2D eigenvalue weighted by Crippen LogP contribution is 2.24. The van der Waals surface area contributed by atoms with Crippen molar-refractivity contribution in [1.82, 2.24) is 0 Å². The number of halogens is 3. The van der Waals surface area contributed by atoms with Crippen LogP contribution in [0.5, 0.6) is 0 Å². The van der Waals surface area contributed by atoms with Crippen molar-refractivity contribution in [3.8, 4) is 0 Å². The lowest BCUT2D eigenvalue weighted by Gasteiger charge is -2.03. The van der Waals surface area contributed by atoms with Crippen molar-refractivity contribution < 1.29 is 18.0 Å². The number of hydrogen-bond donors (Lipinski definition) is 0. The van der Waals surface area contributed by atoms with Crippen molar-refractivity contribution in [2.24, 2.45) is 0 Å². The summed E-state index contributed by atoms with van der Waals surface area (Å²) in [6, 6.07) is 3.94. The molecule has 0 bridgehead atoms. The SMILES string of the molecule is O=Cc1ccc2c(F)cc(F)cc2c1F. The highest BCUT2D eigenvalue weighted by Gasteiger charge is 2.11. The van der Waals surface area contributed by atoms with Crippen LogP contribution in [0.15, 0.2) is 24.3 Å². The summed E-state index contributed by atoms with van der Waals surface area (Å²) in [5.41, 5.74) is -0.215. The molecule has 0 spiro atoms. The maximum atomic E-state index is 13.5.